The molecule has 0 saturated carbocycles. The Bertz CT molecular complexity index is 1610. The van der Waals surface area contributed by atoms with E-state index in [-0.39, 0.29) is 0 Å². The predicted octanol–water partition coefficient (Wildman–Crippen LogP) is 8.80. The van der Waals surface area contributed by atoms with Gasteiger partial charge >= 0.3 is 0 Å². The lowest BCUT2D eigenvalue weighted by molar-refractivity contribution is 1.18. The lowest BCUT2D eigenvalue weighted by Crippen LogP contribution is -2.11. The van der Waals surface area contributed by atoms with E-state index in [1.807, 2.05) is 24.4 Å². The van der Waals surface area contributed by atoms with Crippen LogP contribution in [0.25, 0.3) is 22.3 Å². The van der Waals surface area contributed by atoms with Crippen LogP contribution in [0.5, 0.6) is 0 Å². The average molecular weight is 461 g/mol. The number of para-hydroxylation sites is 1. The molecule has 0 bridgehead atoms. The summed E-state index contributed by atoms with van der Waals surface area (Å²) >= 11 is 0. The zero-order valence-corrected chi connectivity index (χ0v) is 19.8. The Kier molecular flexibility index (Phi) is 4.89. The first kappa shape index (κ1) is 20.7. The number of nitrogens with zero attached hydrogens (tertiary/aromatic N) is 2. The van der Waals surface area contributed by atoms with Crippen molar-refractivity contribution < 1.29 is 0 Å². The van der Waals surface area contributed by atoms with Gasteiger partial charge in [-0.25, -0.2) is 4.98 Å². The third kappa shape index (κ3) is 3.30. The van der Waals surface area contributed by atoms with Crippen LogP contribution in [-0.2, 0) is 0 Å². The Morgan fingerprint density at radius 3 is 2.08 bits per heavy atom. The fourth-order valence-corrected chi connectivity index (χ4v) is 5.56. The largest absolute Gasteiger partial charge is 0.295 e. The molecule has 7 rings (SSSR count). The van der Waals surface area contributed by atoms with E-state index >= 15 is 0 Å². The summed E-state index contributed by atoms with van der Waals surface area (Å²) in [5, 5.41) is 0. The predicted molar refractivity (Wildman–Crippen MR) is 150 cm³/mol. The summed E-state index contributed by atoms with van der Waals surface area (Å²) in [6.07, 6.45) is 7.51. The topological polar surface area (TPSA) is 16.1 Å². The van der Waals surface area contributed by atoms with Crippen molar-refractivity contribution in [3.05, 3.63) is 156 Å². The van der Waals surface area contributed by atoms with Crippen molar-refractivity contribution in [3.63, 3.8) is 0 Å². The standard InChI is InChI=1S/C34H24N2/c1-2-12-25(13-3-1)36(33-21-6-7-22-35-33)26-14-8-11-24(23-26)27-17-9-19-31-28-15-4-5-16-29(28)32-20-10-18-30(27)34(31)32/h1-8,10-23H,9H2. The summed E-state index contributed by atoms with van der Waals surface area (Å²) in [7, 11) is 0. The van der Waals surface area contributed by atoms with Gasteiger partial charge in [0.15, 0.2) is 0 Å². The molecule has 36 heavy (non-hydrogen) atoms. The average Bonchev–Trinajstić information content (AvgIpc) is 3.13. The molecule has 0 saturated heterocycles. The lowest BCUT2D eigenvalue weighted by Gasteiger charge is -2.25. The van der Waals surface area contributed by atoms with Gasteiger partial charge in [-0.2, -0.15) is 0 Å². The molecular weight excluding hydrogens is 436 g/mol. The Balaban J connectivity index is 1.37. The molecule has 0 aliphatic heterocycles. The number of aromatic nitrogens is 1. The fourth-order valence-electron chi connectivity index (χ4n) is 5.56. The molecule has 2 heteroatoms. The van der Waals surface area contributed by atoms with E-state index in [0.29, 0.717) is 0 Å². The third-order valence-corrected chi connectivity index (χ3v) is 7.08. The van der Waals surface area contributed by atoms with Crippen molar-refractivity contribution in [3.8, 4) is 11.1 Å². The molecule has 0 amide bonds. The van der Waals surface area contributed by atoms with Crippen LogP contribution in [0.3, 0.4) is 0 Å². The van der Waals surface area contributed by atoms with Crippen LogP contribution >= 0.6 is 0 Å². The van der Waals surface area contributed by atoms with E-state index in [4.69, 9.17) is 0 Å². The van der Waals surface area contributed by atoms with Crippen LogP contribution in [-0.4, -0.2) is 4.98 Å². The highest BCUT2D eigenvalue weighted by molar-refractivity contribution is 6.06. The maximum Gasteiger partial charge on any atom is 0.137 e. The monoisotopic (exact) mass is 460 g/mol. The Labute approximate surface area is 211 Å². The number of hydrogen-bond donors (Lipinski definition) is 0. The van der Waals surface area contributed by atoms with Crippen molar-refractivity contribution in [2.45, 2.75) is 6.42 Å². The maximum atomic E-state index is 4.68. The normalized spacial score (nSPS) is 13.2. The van der Waals surface area contributed by atoms with Gasteiger partial charge in [-0.1, -0.05) is 91.0 Å². The number of benzene rings is 4. The van der Waals surface area contributed by atoms with E-state index in [0.717, 1.165) is 23.6 Å². The summed E-state index contributed by atoms with van der Waals surface area (Å²) in [5.41, 5.74) is 12.7. The highest BCUT2D eigenvalue weighted by Crippen LogP contribution is 2.49. The smallest absolute Gasteiger partial charge is 0.137 e. The number of hydrogen-bond acceptors (Lipinski definition) is 2. The molecule has 0 atom stereocenters. The van der Waals surface area contributed by atoms with E-state index in [1.54, 1.807) is 0 Å². The molecule has 170 valence electrons. The molecule has 0 spiro atoms. The van der Waals surface area contributed by atoms with Crippen LogP contribution in [0.15, 0.2) is 134 Å². The van der Waals surface area contributed by atoms with Gasteiger partial charge in [-0.15, -0.1) is 0 Å². The number of rotatable bonds is 4. The zero-order valence-electron chi connectivity index (χ0n) is 19.8. The molecule has 2 aliphatic rings. The van der Waals surface area contributed by atoms with E-state index in [2.05, 4.69) is 119 Å². The summed E-state index contributed by atoms with van der Waals surface area (Å²) in [5.74, 6) is 0.899. The molecule has 1 aromatic heterocycles. The minimum absolute atomic E-state index is 0.899. The van der Waals surface area contributed by atoms with Gasteiger partial charge in [0, 0.05) is 17.6 Å². The van der Waals surface area contributed by atoms with Gasteiger partial charge in [0.2, 0.25) is 0 Å². The highest BCUT2D eigenvalue weighted by Gasteiger charge is 2.28. The molecule has 2 nitrogen and oxygen atoms in total. The number of fused-ring (bicyclic) bond motifs is 3. The highest BCUT2D eigenvalue weighted by atomic mass is 15.2. The summed E-state index contributed by atoms with van der Waals surface area (Å²) in [6.45, 7) is 0. The molecular formula is C34H24N2. The first-order chi connectivity index (χ1) is 17.9. The van der Waals surface area contributed by atoms with Gasteiger partial charge in [0.05, 0.1) is 0 Å². The Morgan fingerprint density at radius 1 is 0.528 bits per heavy atom. The van der Waals surface area contributed by atoms with Crippen molar-refractivity contribution in [2.24, 2.45) is 0 Å². The Morgan fingerprint density at radius 2 is 1.22 bits per heavy atom. The summed E-state index contributed by atoms with van der Waals surface area (Å²) in [6, 6.07) is 40.8. The Hall–Kier alpha value is -4.69. The van der Waals surface area contributed by atoms with Gasteiger partial charge in [-0.05, 0) is 87.3 Å². The third-order valence-electron chi connectivity index (χ3n) is 7.08. The zero-order chi connectivity index (χ0) is 23.9. The van der Waals surface area contributed by atoms with E-state index in [9.17, 15) is 0 Å². The van der Waals surface area contributed by atoms with Crippen LogP contribution in [0.1, 0.15) is 28.7 Å². The van der Waals surface area contributed by atoms with Gasteiger partial charge in [0.25, 0.3) is 0 Å². The van der Waals surface area contributed by atoms with Gasteiger partial charge in [-0.3, -0.25) is 4.90 Å². The fraction of sp³-hybridized carbons (Fsp3) is 0.0294. The second kappa shape index (κ2) is 8.51. The number of allylic oxidation sites excluding steroid dienone is 2. The minimum atomic E-state index is 0.899. The van der Waals surface area contributed by atoms with Crippen molar-refractivity contribution in [2.75, 3.05) is 4.90 Å². The van der Waals surface area contributed by atoms with Crippen LogP contribution in [0, 0.1) is 0 Å². The maximum absolute atomic E-state index is 4.68. The van der Waals surface area contributed by atoms with Crippen molar-refractivity contribution in [1.29, 1.82) is 0 Å². The second-order valence-electron chi connectivity index (χ2n) is 9.15. The van der Waals surface area contributed by atoms with Gasteiger partial charge in [0.1, 0.15) is 5.82 Å². The van der Waals surface area contributed by atoms with Crippen LogP contribution in [0.4, 0.5) is 17.2 Å². The molecule has 0 N–H and O–H groups in total. The summed E-state index contributed by atoms with van der Waals surface area (Å²) < 4.78 is 0. The number of anilines is 3. The molecule has 5 aromatic rings. The number of pyridine rings is 1. The first-order valence-electron chi connectivity index (χ1n) is 12.4. The van der Waals surface area contributed by atoms with Crippen molar-refractivity contribution in [1.82, 2.24) is 4.98 Å². The van der Waals surface area contributed by atoms with E-state index in [1.165, 1.54) is 44.5 Å². The SMILES string of the molecule is C1=C(c2cccc(N(c3ccccc3)c3ccccn3)c2)c2cccc3c2C(=CC1)c1ccccc1-3. The second-order valence-corrected chi connectivity index (χ2v) is 9.15. The van der Waals surface area contributed by atoms with Crippen LogP contribution in [0.2, 0.25) is 0 Å². The molecule has 2 aliphatic carbocycles. The molecule has 0 unspecified atom stereocenters. The van der Waals surface area contributed by atoms with Crippen molar-refractivity contribution >= 4 is 28.3 Å². The molecule has 0 fully saturated rings. The summed E-state index contributed by atoms with van der Waals surface area (Å²) in [4.78, 5) is 6.90. The van der Waals surface area contributed by atoms with E-state index < -0.39 is 0 Å². The molecule has 4 aromatic carbocycles. The van der Waals surface area contributed by atoms with Crippen LogP contribution < -0.4 is 4.90 Å². The minimum Gasteiger partial charge on any atom is -0.295 e. The quantitative estimate of drug-likeness (QED) is 0.261. The first-order valence-corrected chi connectivity index (χ1v) is 12.4. The molecule has 0 radical (unpaired) electrons. The lowest BCUT2D eigenvalue weighted by atomic mass is 9.90. The molecule has 1 heterocycles. The van der Waals surface area contributed by atoms with Gasteiger partial charge < -0.3 is 0 Å².